The van der Waals surface area contributed by atoms with Crippen LogP contribution < -0.4 is 4.74 Å². The molecule has 0 amide bonds. The summed E-state index contributed by atoms with van der Waals surface area (Å²) in [5, 5.41) is 14.1. The van der Waals surface area contributed by atoms with E-state index in [1.54, 1.807) is 29.9 Å². The van der Waals surface area contributed by atoms with Crippen LogP contribution in [-0.4, -0.2) is 38.7 Å². The topological polar surface area (TPSA) is 76.1 Å². The minimum absolute atomic E-state index is 0.203. The number of aromatic nitrogens is 3. The van der Waals surface area contributed by atoms with E-state index < -0.39 is 0 Å². The smallest absolute Gasteiger partial charge is 0.252 e. The quantitative estimate of drug-likeness (QED) is 0.859. The molecule has 1 aliphatic heterocycles. The maximum Gasteiger partial charge on any atom is 0.252 e. The van der Waals surface area contributed by atoms with Crippen molar-refractivity contribution in [1.82, 2.24) is 14.8 Å². The number of nitrogens with zero attached hydrogens (tertiary/aromatic N) is 5. The third kappa shape index (κ3) is 3.06. The number of thioether (sulfide) groups is 1. The normalized spacial score (nSPS) is 17.3. The molecule has 0 fully saturated rings. The SMILES string of the molecule is COc1ccc(C2=NC[C@@H](Cn3cnc(C#N)n3)S2)cc1. The molecule has 3 rings (SSSR count). The van der Waals surface area contributed by atoms with Crippen molar-refractivity contribution in [2.75, 3.05) is 13.7 Å². The van der Waals surface area contributed by atoms with Crippen LogP contribution in [0.2, 0.25) is 0 Å². The molecule has 0 saturated heterocycles. The number of rotatable bonds is 4. The van der Waals surface area contributed by atoms with Crippen LogP contribution in [0.1, 0.15) is 11.4 Å². The third-order valence-electron chi connectivity index (χ3n) is 3.08. The molecule has 0 aliphatic carbocycles. The van der Waals surface area contributed by atoms with Crippen LogP contribution in [0.25, 0.3) is 0 Å². The molecular formula is C14H13N5OS. The van der Waals surface area contributed by atoms with Crippen molar-refractivity contribution in [3.8, 4) is 11.8 Å². The van der Waals surface area contributed by atoms with Crippen LogP contribution in [0, 0.1) is 11.3 Å². The fourth-order valence-corrected chi connectivity index (χ4v) is 3.16. The molecule has 0 N–H and O–H groups in total. The lowest BCUT2D eigenvalue weighted by Crippen LogP contribution is -2.14. The number of aliphatic imine (C=N–C) groups is 1. The van der Waals surface area contributed by atoms with Gasteiger partial charge in [0.15, 0.2) is 0 Å². The maximum atomic E-state index is 8.72. The van der Waals surface area contributed by atoms with Crippen molar-refractivity contribution in [2.24, 2.45) is 4.99 Å². The average Bonchev–Trinajstić information content (AvgIpc) is 3.17. The Morgan fingerprint density at radius 2 is 2.24 bits per heavy atom. The molecule has 106 valence electrons. The fourth-order valence-electron chi connectivity index (χ4n) is 2.05. The summed E-state index contributed by atoms with van der Waals surface area (Å²) in [4.78, 5) is 8.48. The van der Waals surface area contributed by atoms with E-state index in [1.807, 2.05) is 30.3 Å². The Bertz CT molecular complexity index is 701. The summed E-state index contributed by atoms with van der Waals surface area (Å²) in [6.07, 6.45) is 1.59. The Morgan fingerprint density at radius 1 is 1.43 bits per heavy atom. The number of hydrogen-bond donors (Lipinski definition) is 0. The van der Waals surface area contributed by atoms with E-state index in [9.17, 15) is 0 Å². The Morgan fingerprint density at radius 3 is 2.90 bits per heavy atom. The van der Waals surface area contributed by atoms with Gasteiger partial charge in [-0.3, -0.25) is 9.67 Å². The molecule has 0 spiro atoms. The van der Waals surface area contributed by atoms with E-state index in [0.29, 0.717) is 11.8 Å². The minimum Gasteiger partial charge on any atom is -0.497 e. The fraction of sp³-hybridized carbons (Fsp3) is 0.286. The summed E-state index contributed by atoms with van der Waals surface area (Å²) in [7, 11) is 1.65. The summed E-state index contributed by atoms with van der Waals surface area (Å²) in [5.74, 6) is 1.04. The Balaban J connectivity index is 1.62. The van der Waals surface area contributed by atoms with E-state index in [-0.39, 0.29) is 5.82 Å². The first kappa shape index (κ1) is 13.6. The van der Waals surface area contributed by atoms with E-state index in [2.05, 4.69) is 15.1 Å². The van der Waals surface area contributed by atoms with Crippen molar-refractivity contribution >= 4 is 16.8 Å². The van der Waals surface area contributed by atoms with Crippen molar-refractivity contribution < 1.29 is 4.74 Å². The largest absolute Gasteiger partial charge is 0.497 e. The lowest BCUT2D eigenvalue weighted by atomic mass is 10.2. The highest BCUT2D eigenvalue weighted by Crippen LogP contribution is 2.27. The van der Waals surface area contributed by atoms with E-state index >= 15 is 0 Å². The lowest BCUT2D eigenvalue weighted by molar-refractivity contribution is 0.415. The molecule has 0 unspecified atom stereocenters. The van der Waals surface area contributed by atoms with Gasteiger partial charge in [-0.05, 0) is 24.3 Å². The summed E-state index contributed by atoms with van der Waals surface area (Å²) in [5.41, 5.74) is 1.10. The zero-order valence-electron chi connectivity index (χ0n) is 11.4. The van der Waals surface area contributed by atoms with Crippen LogP contribution in [0.15, 0.2) is 35.6 Å². The molecule has 2 heterocycles. The molecule has 2 aromatic rings. The number of nitriles is 1. The predicted octanol–water partition coefficient (Wildman–Crippen LogP) is 1.72. The maximum absolute atomic E-state index is 8.72. The standard InChI is InChI=1S/C14H13N5OS/c1-20-11-4-2-10(3-5-11)14-16-7-12(21-14)8-19-9-17-13(6-15)18-19/h2-5,9,12H,7-8H2,1H3/t12-/m0/s1. The first-order valence-electron chi connectivity index (χ1n) is 6.43. The summed E-state index contributed by atoms with van der Waals surface area (Å²) in [6, 6.07) is 9.81. The van der Waals surface area contributed by atoms with Crippen LogP contribution in [0.3, 0.4) is 0 Å². The first-order chi connectivity index (χ1) is 10.3. The highest BCUT2D eigenvalue weighted by atomic mass is 32.2. The van der Waals surface area contributed by atoms with Gasteiger partial charge in [-0.25, -0.2) is 4.98 Å². The molecule has 21 heavy (non-hydrogen) atoms. The van der Waals surface area contributed by atoms with Gasteiger partial charge < -0.3 is 4.74 Å². The second-order valence-electron chi connectivity index (χ2n) is 4.52. The monoisotopic (exact) mass is 299 g/mol. The van der Waals surface area contributed by atoms with Gasteiger partial charge in [0.1, 0.15) is 18.1 Å². The Hall–Kier alpha value is -2.33. The third-order valence-corrected chi connectivity index (χ3v) is 4.30. The van der Waals surface area contributed by atoms with Crippen molar-refractivity contribution in [1.29, 1.82) is 5.26 Å². The molecule has 6 nitrogen and oxygen atoms in total. The summed E-state index contributed by atoms with van der Waals surface area (Å²) >= 11 is 1.73. The molecule has 1 aromatic carbocycles. The lowest BCUT2D eigenvalue weighted by Gasteiger charge is -2.08. The van der Waals surface area contributed by atoms with Gasteiger partial charge in [-0.2, -0.15) is 5.26 Å². The van der Waals surface area contributed by atoms with Crippen molar-refractivity contribution in [3.05, 3.63) is 42.0 Å². The first-order valence-corrected chi connectivity index (χ1v) is 7.31. The van der Waals surface area contributed by atoms with Gasteiger partial charge >= 0.3 is 0 Å². The second-order valence-corrected chi connectivity index (χ2v) is 5.81. The van der Waals surface area contributed by atoms with Crippen LogP contribution in [-0.2, 0) is 6.54 Å². The Labute approximate surface area is 126 Å². The highest BCUT2D eigenvalue weighted by molar-refractivity contribution is 8.15. The molecular weight excluding hydrogens is 286 g/mol. The Kier molecular flexibility index (Phi) is 3.88. The van der Waals surface area contributed by atoms with E-state index in [1.165, 1.54) is 0 Å². The van der Waals surface area contributed by atoms with Crippen molar-refractivity contribution in [2.45, 2.75) is 11.8 Å². The number of hydrogen-bond acceptors (Lipinski definition) is 6. The summed E-state index contributed by atoms with van der Waals surface area (Å²) in [6.45, 7) is 1.44. The van der Waals surface area contributed by atoms with Crippen LogP contribution in [0.5, 0.6) is 5.75 Å². The van der Waals surface area contributed by atoms with Crippen LogP contribution >= 0.6 is 11.8 Å². The van der Waals surface area contributed by atoms with Gasteiger partial charge in [-0.15, -0.1) is 5.10 Å². The molecule has 0 radical (unpaired) electrons. The molecule has 1 atom stereocenters. The van der Waals surface area contributed by atoms with Gasteiger partial charge in [-0.1, -0.05) is 11.8 Å². The number of ether oxygens (including phenoxy) is 1. The number of benzene rings is 1. The zero-order chi connectivity index (χ0) is 14.7. The van der Waals surface area contributed by atoms with Gasteiger partial charge in [0.25, 0.3) is 5.82 Å². The van der Waals surface area contributed by atoms with Crippen molar-refractivity contribution in [3.63, 3.8) is 0 Å². The predicted molar refractivity (Wildman–Crippen MR) is 80.5 cm³/mol. The van der Waals surface area contributed by atoms with Gasteiger partial charge in [0.05, 0.1) is 30.5 Å². The molecule has 0 saturated carbocycles. The van der Waals surface area contributed by atoms with Gasteiger partial charge in [0, 0.05) is 5.56 Å². The zero-order valence-corrected chi connectivity index (χ0v) is 12.2. The van der Waals surface area contributed by atoms with Gasteiger partial charge in [0.2, 0.25) is 0 Å². The molecule has 1 aromatic heterocycles. The molecule has 1 aliphatic rings. The minimum atomic E-state index is 0.203. The number of methoxy groups -OCH3 is 1. The average molecular weight is 299 g/mol. The van der Waals surface area contributed by atoms with Crippen LogP contribution in [0.4, 0.5) is 0 Å². The second kappa shape index (κ2) is 5.97. The molecule has 0 bridgehead atoms. The summed E-state index contributed by atoms with van der Waals surface area (Å²) < 4.78 is 6.85. The van der Waals surface area contributed by atoms with E-state index in [0.717, 1.165) is 22.9 Å². The van der Waals surface area contributed by atoms with E-state index in [4.69, 9.17) is 10.00 Å². The molecule has 7 heteroatoms. The highest BCUT2D eigenvalue weighted by Gasteiger charge is 2.21.